The Hall–Kier alpha value is -2.88. The van der Waals surface area contributed by atoms with Gasteiger partial charge in [-0.3, -0.25) is 4.79 Å². The van der Waals surface area contributed by atoms with Crippen LogP contribution in [0.4, 0.5) is 0 Å². The number of hydrogen-bond donors (Lipinski definition) is 0. The molecule has 0 radical (unpaired) electrons. The number of carbonyl (C=O) groups is 2. The lowest BCUT2D eigenvalue weighted by Gasteiger charge is -2.10. The molecule has 0 heterocycles. The first kappa shape index (κ1) is 15.5. The molecule has 0 saturated carbocycles. The van der Waals surface area contributed by atoms with Crippen LogP contribution < -0.4 is 9.84 Å². The van der Waals surface area contributed by atoms with E-state index < -0.39 is 5.97 Å². The third kappa shape index (κ3) is 4.06. The summed E-state index contributed by atoms with van der Waals surface area (Å²) in [5.74, 6) is -0.999. The Morgan fingerprint density at radius 3 is 2.50 bits per heavy atom. The fourth-order valence-electron chi connectivity index (χ4n) is 2.06. The smallest absolute Gasteiger partial charge is 0.185 e. The zero-order valence-electron chi connectivity index (χ0n) is 12.1. The summed E-state index contributed by atoms with van der Waals surface area (Å²) in [6, 6.07) is 14.2. The van der Waals surface area contributed by atoms with E-state index >= 15 is 0 Å². The van der Waals surface area contributed by atoms with Crippen LogP contribution in [0.15, 0.2) is 54.6 Å². The standard InChI is InChI=1S/C18H16O4/c1-22-17-10-8-14(11-15(17)12-18(20)21)16(19)9-7-13-5-3-2-4-6-13/h2-11H,12H2,1H3,(H,20,21)/p-1/b9-7+. The monoisotopic (exact) mass is 295 g/mol. The number of ether oxygens (including phenoxy) is 1. The number of benzene rings is 2. The summed E-state index contributed by atoms with van der Waals surface area (Å²) >= 11 is 0. The van der Waals surface area contributed by atoms with Crippen LogP contribution in [0.3, 0.4) is 0 Å². The summed E-state index contributed by atoms with van der Waals surface area (Å²) in [4.78, 5) is 22.9. The minimum Gasteiger partial charge on any atom is -0.550 e. The maximum absolute atomic E-state index is 12.2. The van der Waals surface area contributed by atoms with Gasteiger partial charge < -0.3 is 14.6 Å². The van der Waals surface area contributed by atoms with E-state index in [4.69, 9.17) is 4.74 Å². The highest BCUT2D eigenvalue weighted by Gasteiger charge is 2.08. The van der Waals surface area contributed by atoms with Crippen molar-refractivity contribution in [3.63, 3.8) is 0 Å². The predicted molar refractivity (Wildman–Crippen MR) is 81.5 cm³/mol. The van der Waals surface area contributed by atoms with Crippen molar-refractivity contribution in [3.05, 3.63) is 71.3 Å². The Bertz CT molecular complexity index is 702. The van der Waals surface area contributed by atoms with Crippen LogP contribution in [-0.2, 0) is 11.2 Å². The molecule has 0 spiro atoms. The highest BCUT2D eigenvalue weighted by molar-refractivity contribution is 6.07. The van der Waals surface area contributed by atoms with E-state index in [0.717, 1.165) is 5.56 Å². The number of carbonyl (C=O) groups excluding carboxylic acids is 2. The molecule has 0 aromatic heterocycles. The van der Waals surface area contributed by atoms with Crippen LogP contribution in [0.2, 0.25) is 0 Å². The van der Waals surface area contributed by atoms with Crippen LogP contribution in [0, 0.1) is 0 Å². The molecule has 2 aromatic rings. The normalized spacial score (nSPS) is 10.6. The first-order chi connectivity index (χ1) is 10.6. The molecule has 0 aliphatic carbocycles. The molecule has 0 aliphatic heterocycles. The number of rotatable bonds is 6. The predicted octanol–water partition coefficient (Wildman–Crippen LogP) is 1.88. The lowest BCUT2D eigenvalue weighted by atomic mass is 10.0. The second-order valence-corrected chi connectivity index (χ2v) is 4.68. The molecule has 0 unspecified atom stereocenters. The zero-order chi connectivity index (χ0) is 15.9. The van der Waals surface area contributed by atoms with Gasteiger partial charge in [0.05, 0.1) is 7.11 Å². The molecule has 0 N–H and O–H groups in total. The lowest BCUT2D eigenvalue weighted by molar-refractivity contribution is -0.304. The number of aliphatic carboxylic acids is 1. The second-order valence-electron chi connectivity index (χ2n) is 4.68. The topological polar surface area (TPSA) is 66.4 Å². The Morgan fingerprint density at radius 1 is 1.14 bits per heavy atom. The van der Waals surface area contributed by atoms with Crippen molar-refractivity contribution in [2.45, 2.75) is 6.42 Å². The van der Waals surface area contributed by atoms with Gasteiger partial charge in [0.25, 0.3) is 0 Å². The van der Waals surface area contributed by atoms with Crippen LogP contribution in [0.1, 0.15) is 21.5 Å². The summed E-state index contributed by atoms with van der Waals surface area (Å²) < 4.78 is 5.09. The van der Waals surface area contributed by atoms with Crippen LogP contribution in [0.5, 0.6) is 5.75 Å². The molecule has 22 heavy (non-hydrogen) atoms. The first-order valence-corrected chi connectivity index (χ1v) is 6.74. The minimum atomic E-state index is -1.22. The van der Waals surface area contributed by atoms with Crippen molar-refractivity contribution in [2.24, 2.45) is 0 Å². The number of hydrogen-bond acceptors (Lipinski definition) is 4. The number of allylic oxidation sites excluding steroid dienone is 1. The van der Waals surface area contributed by atoms with Crippen LogP contribution in [0.25, 0.3) is 6.08 Å². The van der Waals surface area contributed by atoms with Gasteiger partial charge in [-0.15, -0.1) is 0 Å². The van der Waals surface area contributed by atoms with Gasteiger partial charge in [-0.2, -0.15) is 0 Å². The molecule has 4 nitrogen and oxygen atoms in total. The molecule has 4 heteroatoms. The van der Waals surface area contributed by atoms with Crippen molar-refractivity contribution < 1.29 is 19.4 Å². The van der Waals surface area contributed by atoms with Gasteiger partial charge >= 0.3 is 0 Å². The molecular weight excluding hydrogens is 280 g/mol. The third-order valence-electron chi connectivity index (χ3n) is 3.13. The van der Waals surface area contributed by atoms with E-state index in [1.54, 1.807) is 18.2 Å². The maximum Gasteiger partial charge on any atom is 0.185 e. The molecule has 0 fully saturated rings. The highest BCUT2D eigenvalue weighted by Crippen LogP contribution is 2.21. The largest absolute Gasteiger partial charge is 0.550 e. The highest BCUT2D eigenvalue weighted by atomic mass is 16.5. The Labute approximate surface area is 128 Å². The SMILES string of the molecule is COc1ccc(C(=O)/C=C/c2ccccc2)cc1CC(=O)[O-]. The Morgan fingerprint density at radius 2 is 1.86 bits per heavy atom. The number of methoxy groups -OCH3 is 1. The molecule has 0 aliphatic rings. The van der Waals surface area contributed by atoms with E-state index in [9.17, 15) is 14.7 Å². The molecule has 112 valence electrons. The molecule has 0 amide bonds. The van der Waals surface area contributed by atoms with Crippen LogP contribution >= 0.6 is 0 Å². The van der Waals surface area contributed by atoms with Crippen molar-refractivity contribution in [3.8, 4) is 5.75 Å². The van der Waals surface area contributed by atoms with E-state index in [2.05, 4.69) is 0 Å². The Balaban J connectivity index is 2.22. The number of carboxylic acids is 1. The summed E-state index contributed by atoms with van der Waals surface area (Å²) in [6.45, 7) is 0. The van der Waals surface area contributed by atoms with Gasteiger partial charge in [0, 0.05) is 23.5 Å². The molecule has 2 aromatic carbocycles. The van der Waals surface area contributed by atoms with Crippen molar-refractivity contribution in [2.75, 3.05) is 7.11 Å². The van der Waals surface area contributed by atoms with Gasteiger partial charge in [-0.25, -0.2) is 0 Å². The fraction of sp³-hybridized carbons (Fsp3) is 0.111. The minimum absolute atomic E-state index is 0.203. The summed E-state index contributed by atoms with van der Waals surface area (Å²) in [5, 5.41) is 10.8. The van der Waals surface area contributed by atoms with E-state index in [-0.39, 0.29) is 12.2 Å². The lowest BCUT2D eigenvalue weighted by Crippen LogP contribution is -2.24. The van der Waals surface area contributed by atoms with Crippen LogP contribution in [-0.4, -0.2) is 18.9 Å². The number of carboxylic acid groups (broad SMARTS) is 1. The van der Waals surface area contributed by atoms with E-state index in [1.165, 1.54) is 19.3 Å². The second kappa shape index (κ2) is 7.22. The molecule has 0 atom stereocenters. The molecular formula is C18H15O4-. The zero-order valence-corrected chi connectivity index (χ0v) is 12.1. The molecule has 0 saturated heterocycles. The van der Waals surface area contributed by atoms with Gasteiger partial charge in [-0.05, 0) is 29.8 Å². The average Bonchev–Trinajstić information content (AvgIpc) is 2.53. The van der Waals surface area contributed by atoms with Gasteiger partial charge in [-0.1, -0.05) is 36.4 Å². The summed E-state index contributed by atoms with van der Waals surface area (Å²) in [7, 11) is 1.45. The van der Waals surface area contributed by atoms with Crippen molar-refractivity contribution in [1.82, 2.24) is 0 Å². The maximum atomic E-state index is 12.2. The van der Waals surface area contributed by atoms with Gasteiger partial charge in [0.2, 0.25) is 0 Å². The summed E-state index contributed by atoms with van der Waals surface area (Å²) in [6.07, 6.45) is 2.87. The van der Waals surface area contributed by atoms with E-state index in [0.29, 0.717) is 16.9 Å². The van der Waals surface area contributed by atoms with E-state index in [1.807, 2.05) is 30.3 Å². The van der Waals surface area contributed by atoms with Crippen molar-refractivity contribution in [1.29, 1.82) is 0 Å². The Kier molecular flexibility index (Phi) is 5.09. The average molecular weight is 295 g/mol. The fourth-order valence-corrected chi connectivity index (χ4v) is 2.06. The number of ketones is 1. The summed E-state index contributed by atoms with van der Waals surface area (Å²) in [5.41, 5.74) is 1.74. The third-order valence-corrected chi connectivity index (χ3v) is 3.13. The van der Waals surface area contributed by atoms with Gasteiger partial charge in [0.1, 0.15) is 5.75 Å². The van der Waals surface area contributed by atoms with Gasteiger partial charge in [0.15, 0.2) is 5.78 Å². The molecule has 0 bridgehead atoms. The van der Waals surface area contributed by atoms with Crippen molar-refractivity contribution >= 4 is 17.8 Å². The quantitative estimate of drug-likeness (QED) is 0.603. The first-order valence-electron chi connectivity index (χ1n) is 6.74. The molecule has 2 rings (SSSR count).